The number of rotatable bonds is 9. The second-order valence-corrected chi connectivity index (χ2v) is 7.29. The smallest absolute Gasteiger partial charge is 0.203 e. The Morgan fingerprint density at radius 3 is 2.10 bits per heavy atom. The largest absolute Gasteiger partial charge is 0.493 e. The molecule has 0 aliphatic rings. The predicted octanol–water partition coefficient (Wildman–Crippen LogP) is 4.36. The second kappa shape index (κ2) is 12.5. The third-order valence-electron chi connectivity index (χ3n) is 4.75. The molecular formula is C23H34IN3O3. The molecule has 0 unspecified atom stereocenters. The van der Waals surface area contributed by atoms with Crippen LogP contribution in [0.1, 0.15) is 31.9 Å². The number of aliphatic imine (C=N–C) groups is 1. The van der Waals surface area contributed by atoms with Crippen LogP contribution in [-0.2, 0) is 12.0 Å². The summed E-state index contributed by atoms with van der Waals surface area (Å²) >= 11 is 0. The first kappa shape index (κ1) is 25.9. The summed E-state index contributed by atoms with van der Waals surface area (Å²) in [5.41, 5.74) is 2.26. The van der Waals surface area contributed by atoms with E-state index in [0.717, 1.165) is 18.1 Å². The molecule has 0 aliphatic carbocycles. The van der Waals surface area contributed by atoms with Crippen LogP contribution in [-0.4, -0.2) is 40.4 Å². The molecule has 0 saturated heterocycles. The van der Waals surface area contributed by atoms with Gasteiger partial charge in [-0.15, -0.1) is 24.0 Å². The summed E-state index contributed by atoms with van der Waals surface area (Å²) in [5.74, 6) is 2.65. The zero-order valence-electron chi connectivity index (χ0n) is 18.7. The van der Waals surface area contributed by atoms with Crippen molar-refractivity contribution in [3.05, 3.63) is 53.6 Å². The number of guanidine groups is 1. The highest BCUT2D eigenvalue weighted by atomic mass is 127. The number of benzene rings is 2. The number of nitrogens with one attached hydrogen (secondary N) is 2. The van der Waals surface area contributed by atoms with Crippen molar-refractivity contribution < 1.29 is 14.2 Å². The predicted molar refractivity (Wildman–Crippen MR) is 134 cm³/mol. The fourth-order valence-corrected chi connectivity index (χ4v) is 3.03. The van der Waals surface area contributed by atoms with Gasteiger partial charge in [0.15, 0.2) is 17.5 Å². The maximum atomic E-state index is 5.66. The van der Waals surface area contributed by atoms with Crippen molar-refractivity contribution in [2.24, 2.45) is 4.99 Å². The quantitative estimate of drug-likeness (QED) is 0.288. The number of halogens is 1. The van der Waals surface area contributed by atoms with E-state index in [2.05, 4.69) is 53.7 Å². The Labute approximate surface area is 197 Å². The molecule has 0 aliphatic heterocycles. The zero-order chi connectivity index (χ0) is 21.3. The number of hydrogen-bond acceptors (Lipinski definition) is 4. The number of methoxy groups -OCH3 is 2. The van der Waals surface area contributed by atoms with Gasteiger partial charge in [-0.25, -0.2) is 0 Å². The second-order valence-electron chi connectivity index (χ2n) is 7.29. The summed E-state index contributed by atoms with van der Waals surface area (Å²) in [6.07, 6.45) is 0. The van der Waals surface area contributed by atoms with E-state index in [0.29, 0.717) is 30.4 Å². The molecule has 2 N–H and O–H groups in total. The standard InChI is InChI=1S/C23H33N3O3.HI/c1-7-29-21-19(27-5)13-17(14-20(21)28-6)15-25-22(24-4)26-16-23(2,3)18-11-9-8-10-12-18;/h8-14H,7,15-16H2,1-6H3,(H2,24,25,26);1H. The molecular weight excluding hydrogens is 493 g/mol. The van der Waals surface area contributed by atoms with Gasteiger partial charge in [0, 0.05) is 25.6 Å². The molecule has 0 heterocycles. The summed E-state index contributed by atoms with van der Waals surface area (Å²) in [5, 5.41) is 6.77. The number of nitrogens with zero attached hydrogens (tertiary/aromatic N) is 1. The average molecular weight is 527 g/mol. The summed E-state index contributed by atoms with van der Waals surface area (Å²) in [6, 6.07) is 14.4. The third kappa shape index (κ3) is 6.97. The summed E-state index contributed by atoms with van der Waals surface area (Å²) in [4.78, 5) is 4.34. The zero-order valence-corrected chi connectivity index (χ0v) is 21.1. The maximum absolute atomic E-state index is 5.66. The molecule has 7 heteroatoms. The Kier molecular flexibility index (Phi) is 10.8. The third-order valence-corrected chi connectivity index (χ3v) is 4.75. The molecule has 2 aromatic rings. The van der Waals surface area contributed by atoms with Crippen molar-refractivity contribution in [3.8, 4) is 17.2 Å². The van der Waals surface area contributed by atoms with Gasteiger partial charge in [-0.2, -0.15) is 0 Å². The summed E-state index contributed by atoms with van der Waals surface area (Å²) in [6.45, 7) is 8.23. The molecule has 0 radical (unpaired) electrons. The van der Waals surface area contributed by atoms with Crippen molar-refractivity contribution in [3.63, 3.8) is 0 Å². The molecule has 6 nitrogen and oxygen atoms in total. The van der Waals surface area contributed by atoms with E-state index in [1.54, 1.807) is 21.3 Å². The molecule has 166 valence electrons. The Bertz CT molecular complexity index is 786. The van der Waals surface area contributed by atoms with E-state index >= 15 is 0 Å². The molecule has 2 aromatic carbocycles. The van der Waals surface area contributed by atoms with E-state index in [1.807, 2.05) is 25.1 Å². The van der Waals surface area contributed by atoms with Gasteiger partial charge in [-0.05, 0) is 30.2 Å². The topological polar surface area (TPSA) is 64.1 Å². The lowest BCUT2D eigenvalue weighted by molar-refractivity contribution is 0.288. The first-order valence-corrected chi connectivity index (χ1v) is 9.83. The molecule has 2 rings (SSSR count). The van der Waals surface area contributed by atoms with Crippen LogP contribution in [0.4, 0.5) is 0 Å². The highest BCUT2D eigenvalue weighted by Gasteiger charge is 2.20. The lowest BCUT2D eigenvalue weighted by atomic mass is 9.85. The maximum Gasteiger partial charge on any atom is 0.203 e. The van der Waals surface area contributed by atoms with Gasteiger partial charge in [0.1, 0.15) is 0 Å². The Morgan fingerprint density at radius 1 is 1.00 bits per heavy atom. The van der Waals surface area contributed by atoms with Crippen LogP contribution >= 0.6 is 24.0 Å². The van der Waals surface area contributed by atoms with Crippen molar-refractivity contribution in [1.82, 2.24) is 10.6 Å². The van der Waals surface area contributed by atoms with Crippen LogP contribution < -0.4 is 24.8 Å². The first-order chi connectivity index (χ1) is 13.9. The van der Waals surface area contributed by atoms with Gasteiger partial charge >= 0.3 is 0 Å². The van der Waals surface area contributed by atoms with Crippen LogP contribution in [0.5, 0.6) is 17.2 Å². The van der Waals surface area contributed by atoms with Gasteiger partial charge in [0.25, 0.3) is 0 Å². The van der Waals surface area contributed by atoms with Crippen LogP contribution in [0.3, 0.4) is 0 Å². The minimum absolute atomic E-state index is 0. The van der Waals surface area contributed by atoms with Gasteiger partial charge in [-0.1, -0.05) is 44.2 Å². The van der Waals surface area contributed by atoms with Crippen molar-refractivity contribution in [2.45, 2.75) is 32.7 Å². The van der Waals surface area contributed by atoms with E-state index in [1.165, 1.54) is 5.56 Å². The fraction of sp³-hybridized carbons (Fsp3) is 0.435. The minimum Gasteiger partial charge on any atom is -0.493 e. The van der Waals surface area contributed by atoms with Crippen LogP contribution in [0.25, 0.3) is 0 Å². The molecule has 0 fully saturated rings. The molecule has 0 atom stereocenters. The van der Waals surface area contributed by atoms with Gasteiger partial charge < -0.3 is 24.8 Å². The van der Waals surface area contributed by atoms with Crippen molar-refractivity contribution in [2.75, 3.05) is 34.4 Å². The minimum atomic E-state index is -0.0234. The lowest BCUT2D eigenvalue weighted by Crippen LogP contribution is -2.43. The van der Waals surface area contributed by atoms with Crippen LogP contribution in [0.2, 0.25) is 0 Å². The molecule has 0 bridgehead atoms. The highest BCUT2D eigenvalue weighted by Crippen LogP contribution is 2.38. The molecule has 30 heavy (non-hydrogen) atoms. The van der Waals surface area contributed by atoms with Crippen LogP contribution in [0.15, 0.2) is 47.5 Å². The lowest BCUT2D eigenvalue weighted by Gasteiger charge is -2.26. The average Bonchev–Trinajstić information content (AvgIpc) is 2.75. The highest BCUT2D eigenvalue weighted by molar-refractivity contribution is 14.0. The van der Waals surface area contributed by atoms with E-state index in [4.69, 9.17) is 14.2 Å². The fourth-order valence-electron chi connectivity index (χ4n) is 3.03. The molecule has 0 amide bonds. The van der Waals surface area contributed by atoms with E-state index in [-0.39, 0.29) is 29.4 Å². The van der Waals surface area contributed by atoms with Gasteiger partial charge in [-0.3, -0.25) is 4.99 Å². The van der Waals surface area contributed by atoms with Gasteiger partial charge in [0.2, 0.25) is 5.75 Å². The SMILES string of the molecule is CCOc1c(OC)cc(CNC(=NC)NCC(C)(C)c2ccccc2)cc1OC.I. The molecule has 0 aromatic heterocycles. The Hall–Kier alpha value is -2.16. The Morgan fingerprint density at radius 2 is 1.60 bits per heavy atom. The van der Waals surface area contributed by atoms with E-state index < -0.39 is 0 Å². The summed E-state index contributed by atoms with van der Waals surface area (Å²) in [7, 11) is 5.02. The van der Waals surface area contributed by atoms with Crippen molar-refractivity contribution in [1.29, 1.82) is 0 Å². The van der Waals surface area contributed by atoms with Crippen molar-refractivity contribution >= 4 is 29.9 Å². The monoisotopic (exact) mass is 527 g/mol. The van der Waals surface area contributed by atoms with E-state index in [9.17, 15) is 0 Å². The number of ether oxygens (including phenoxy) is 3. The Balaban J connectivity index is 0.00000450. The molecule has 0 spiro atoms. The van der Waals surface area contributed by atoms with Gasteiger partial charge in [0.05, 0.1) is 20.8 Å². The van der Waals surface area contributed by atoms with Crippen LogP contribution in [0, 0.1) is 0 Å². The normalized spacial score (nSPS) is 11.3. The molecule has 0 saturated carbocycles. The number of hydrogen-bond donors (Lipinski definition) is 2. The first-order valence-electron chi connectivity index (χ1n) is 9.83. The summed E-state index contributed by atoms with van der Waals surface area (Å²) < 4.78 is 16.6.